The van der Waals surface area contributed by atoms with Crippen molar-refractivity contribution in [2.75, 3.05) is 12.9 Å². The molecule has 0 amide bonds. The van der Waals surface area contributed by atoms with Gasteiger partial charge in [0.05, 0.1) is 18.5 Å². The number of benzene rings is 1. The van der Waals surface area contributed by atoms with Gasteiger partial charge >= 0.3 is 0 Å². The summed E-state index contributed by atoms with van der Waals surface area (Å²) in [6, 6.07) is 9.90. The number of nitrogens with zero attached hydrogens (tertiary/aromatic N) is 6. The van der Waals surface area contributed by atoms with Gasteiger partial charge in [-0.15, -0.1) is 10.2 Å². The number of thioether (sulfide) groups is 1. The molecule has 0 unspecified atom stereocenters. The minimum absolute atomic E-state index is 0.605. The summed E-state index contributed by atoms with van der Waals surface area (Å²) in [6.45, 7) is 3.95. The lowest BCUT2D eigenvalue weighted by molar-refractivity contribution is 0.415. The Labute approximate surface area is 143 Å². The standard InChI is InChI=1S/C16H16N6OS/c1-10-8-11(2)21(19-10)15-17-18-16-22(15)20-14(9-24-16)12-4-6-13(23-3)7-5-12/h4-8H,9H2,1-3H3. The molecule has 0 fully saturated rings. The molecule has 0 radical (unpaired) electrons. The number of rotatable bonds is 3. The van der Waals surface area contributed by atoms with E-state index < -0.39 is 0 Å². The molecule has 0 N–H and O–H groups in total. The van der Waals surface area contributed by atoms with Gasteiger partial charge in [0.25, 0.3) is 5.95 Å². The number of methoxy groups -OCH3 is 1. The lowest BCUT2D eigenvalue weighted by Gasteiger charge is -2.14. The lowest BCUT2D eigenvalue weighted by Crippen LogP contribution is -2.16. The van der Waals surface area contributed by atoms with E-state index in [4.69, 9.17) is 9.84 Å². The van der Waals surface area contributed by atoms with Crippen LogP contribution < -0.4 is 4.74 Å². The average molecular weight is 340 g/mol. The topological polar surface area (TPSA) is 70.1 Å². The third-order valence-corrected chi connectivity index (χ3v) is 4.71. The smallest absolute Gasteiger partial charge is 0.274 e. The number of aryl methyl sites for hydroxylation is 2. The van der Waals surface area contributed by atoms with E-state index >= 15 is 0 Å². The molecule has 3 heterocycles. The molecule has 0 aliphatic carbocycles. The first-order chi connectivity index (χ1) is 11.7. The van der Waals surface area contributed by atoms with E-state index in [9.17, 15) is 0 Å². The Morgan fingerprint density at radius 1 is 1.12 bits per heavy atom. The van der Waals surface area contributed by atoms with Gasteiger partial charge in [-0.05, 0) is 49.7 Å². The van der Waals surface area contributed by atoms with Gasteiger partial charge in [0.15, 0.2) is 0 Å². The third-order valence-electron chi connectivity index (χ3n) is 3.78. The van der Waals surface area contributed by atoms with Crippen molar-refractivity contribution in [3.63, 3.8) is 0 Å². The van der Waals surface area contributed by atoms with Gasteiger partial charge in [-0.2, -0.15) is 14.9 Å². The molecule has 0 saturated carbocycles. The Bertz CT molecular complexity index is 925. The first kappa shape index (κ1) is 14.9. The summed E-state index contributed by atoms with van der Waals surface area (Å²) >= 11 is 1.62. The minimum Gasteiger partial charge on any atom is -0.497 e. The van der Waals surface area contributed by atoms with E-state index in [0.717, 1.165) is 39.3 Å². The summed E-state index contributed by atoms with van der Waals surface area (Å²) in [7, 11) is 1.66. The molecule has 0 spiro atoms. The molecule has 8 heteroatoms. The second-order valence-electron chi connectivity index (χ2n) is 5.50. The van der Waals surface area contributed by atoms with Crippen molar-refractivity contribution in [2.45, 2.75) is 19.0 Å². The van der Waals surface area contributed by atoms with Gasteiger partial charge in [0.2, 0.25) is 5.16 Å². The summed E-state index contributed by atoms with van der Waals surface area (Å²) in [5, 5.41) is 18.5. The summed E-state index contributed by atoms with van der Waals surface area (Å²) in [6.07, 6.45) is 0. The Hall–Kier alpha value is -2.61. The molecule has 2 aromatic heterocycles. The highest BCUT2D eigenvalue weighted by Crippen LogP contribution is 2.26. The number of hydrogen-bond donors (Lipinski definition) is 0. The molecule has 3 aromatic rings. The van der Waals surface area contributed by atoms with Crippen molar-refractivity contribution >= 4 is 17.5 Å². The highest BCUT2D eigenvalue weighted by molar-refractivity contribution is 7.99. The quantitative estimate of drug-likeness (QED) is 0.732. The van der Waals surface area contributed by atoms with Gasteiger partial charge in [-0.1, -0.05) is 11.8 Å². The SMILES string of the molecule is COc1ccc(C2=Nn3c(nnc3-n3nc(C)cc3C)SC2)cc1. The first-order valence-electron chi connectivity index (χ1n) is 7.50. The number of ether oxygens (including phenoxy) is 1. The van der Waals surface area contributed by atoms with Crippen molar-refractivity contribution in [3.05, 3.63) is 47.3 Å². The molecule has 4 rings (SSSR count). The van der Waals surface area contributed by atoms with Crippen LogP contribution in [-0.2, 0) is 0 Å². The Morgan fingerprint density at radius 3 is 2.58 bits per heavy atom. The first-order valence-corrected chi connectivity index (χ1v) is 8.48. The van der Waals surface area contributed by atoms with Crippen LogP contribution >= 0.6 is 11.8 Å². The number of aromatic nitrogens is 5. The van der Waals surface area contributed by atoms with Crippen LogP contribution in [0.1, 0.15) is 17.0 Å². The van der Waals surface area contributed by atoms with Crippen LogP contribution in [0.5, 0.6) is 5.75 Å². The highest BCUT2D eigenvalue weighted by atomic mass is 32.2. The van der Waals surface area contributed by atoms with Crippen LogP contribution in [0.3, 0.4) is 0 Å². The molecule has 1 aliphatic heterocycles. The molecular weight excluding hydrogens is 324 g/mol. The predicted octanol–water partition coefficient (Wildman–Crippen LogP) is 2.45. The fraction of sp³-hybridized carbons (Fsp3) is 0.250. The third kappa shape index (κ3) is 2.48. The van der Waals surface area contributed by atoms with E-state index in [1.54, 1.807) is 28.2 Å². The van der Waals surface area contributed by atoms with Crippen molar-refractivity contribution in [1.82, 2.24) is 24.7 Å². The summed E-state index contributed by atoms with van der Waals surface area (Å²) < 4.78 is 8.74. The van der Waals surface area contributed by atoms with Crippen molar-refractivity contribution in [3.8, 4) is 11.7 Å². The number of hydrogen-bond acceptors (Lipinski definition) is 6. The van der Waals surface area contributed by atoms with E-state index in [1.807, 2.05) is 44.2 Å². The highest BCUT2D eigenvalue weighted by Gasteiger charge is 2.22. The van der Waals surface area contributed by atoms with Crippen LogP contribution in [0.25, 0.3) is 5.95 Å². The van der Waals surface area contributed by atoms with E-state index in [2.05, 4.69) is 15.3 Å². The largest absolute Gasteiger partial charge is 0.497 e. The van der Waals surface area contributed by atoms with Gasteiger partial charge in [0.1, 0.15) is 5.75 Å². The molecule has 0 bridgehead atoms. The number of fused-ring (bicyclic) bond motifs is 1. The maximum Gasteiger partial charge on any atom is 0.274 e. The fourth-order valence-electron chi connectivity index (χ4n) is 2.61. The Kier molecular flexibility index (Phi) is 3.61. The Morgan fingerprint density at radius 2 is 1.92 bits per heavy atom. The molecule has 1 aliphatic rings. The predicted molar refractivity (Wildman–Crippen MR) is 92.3 cm³/mol. The molecule has 0 atom stereocenters. The van der Waals surface area contributed by atoms with Crippen LogP contribution in [0.15, 0.2) is 40.6 Å². The monoisotopic (exact) mass is 340 g/mol. The van der Waals surface area contributed by atoms with Crippen LogP contribution in [0.4, 0.5) is 0 Å². The van der Waals surface area contributed by atoms with E-state index in [-0.39, 0.29) is 0 Å². The van der Waals surface area contributed by atoms with Crippen LogP contribution in [-0.4, -0.2) is 43.2 Å². The summed E-state index contributed by atoms with van der Waals surface area (Å²) in [4.78, 5) is 0. The molecule has 0 saturated heterocycles. The summed E-state index contributed by atoms with van der Waals surface area (Å²) in [5.74, 6) is 2.19. The van der Waals surface area contributed by atoms with Crippen LogP contribution in [0.2, 0.25) is 0 Å². The van der Waals surface area contributed by atoms with Crippen LogP contribution in [0, 0.1) is 13.8 Å². The van der Waals surface area contributed by atoms with Crippen molar-refractivity contribution in [1.29, 1.82) is 0 Å². The molecule has 7 nitrogen and oxygen atoms in total. The zero-order valence-corrected chi connectivity index (χ0v) is 14.4. The second-order valence-corrected chi connectivity index (χ2v) is 6.44. The normalized spacial score (nSPS) is 13.5. The molecule has 1 aromatic carbocycles. The fourth-order valence-corrected chi connectivity index (χ4v) is 3.44. The maximum absolute atomic E-state index is 5.21. The van der Waals surface area contributed by atoms with Gasteiger partial charge in [-0.3, -0.25) is 0 Å². The minimum atomic E-state index is 0.605. The zero-order chi connectivity index (χ0) is 16.7. The molecule has 24 heavy (non-hydrogen) atoms. The van der Waals surface area contributed by atoms with Crippen molar-refractivity contribution < 1.29 is 4.74 Å². The van der Waals surface area contributed by atoms with Crippen molar-refractivity contribution in [2.24, 2.45) is 5.10 Å². The van der Waals surface area contributed by atoms with Gasteiger partial charge in [0, 0.05) is 11.4 Å². The van der Waals surface area contributed by atoms with E-state index in [1.165, 1.54) is 0 Å². The van der Waals surface area contributed by atoms with Gasteiger partial charge < -0.3 is 4.74 Å². The lowest BCUT2D eigenvalue weighted by atomic mass is 10.1. The summed E-state index contributed by atoms with van der Waals surface area (Å²) in [5.41, 5.74) is 3.96. The zero-order valence-electron chi connectivity index (χ0n) is 13.6. The maximum atomic E-state index is 5.21. The molecular formula is C16H16N6OS. The second kappa shape index (κ2) is 5.79. The van der Waals surface area contributed by atoms with Gasteiger partial charge in [-0.25, -0.2) is 4.68 Å². The van der Waals surface area contributed by atoms with E-state index in [0.29, 0.717) is 5.95 Å². The average Bonchev–Trinajstić information content (AvgIpc) is 3.16. The Balaban J connectivity index is 1.77. The molecule has 122 valence electrons.